The summed E-state index contributed by atoms with van der Waals surface area (Å²) in [6.07, 6.45) is 1.31. The van der Waals surface area contributed by atoms with Gasteiger partial charge in [0.05, 0.1) is 0 Å². The van der Waals surface area contributed by atoms with Crippen molar-refractivity contribution in [3.05, 3.63) is 29.8 Å². The third-order valence-electron chi connectivity index (χ3n) is 3.45. The van der Waals surface area contributed by atoms with Gasteiger partial charge in [-0.3, -0.25) is 9.59 Å². The van der Waals surface area contributed by atoms with Crippen LogP contribution in [-0.2, 0) is 16.0 Å². The molecule has 1 N–H and O–H groups in total. The van der Waals surface area contributed by atoms with Crippen LogP contribution in [0.3, 0.4) is 0 Å². The largest absolute Gasteiger partial charge is 0.342 e. The highest BCUT2D eigenvalue weighted by atomic mass is 16.2. The molecule has 1 aliphatic rings. The molecule has 102 valence electrons. The fourth-order valence-corrected chi connectivity index (χ4v) is 2.27. The topological polar surface area (TPSA) is 49.4 Å². The standard InChI is InChI=1S/C15H20N2O2/c1-4-11-5-7-12(8-6-11)17-10-9-13(18)16-15(2,3)14(17)19/h5-8H,4,9-10H2,1-3H3,(H,16,18). The number of amides is 2. The van der Waals surface area contributed by atoms with Gasteiger partial charge in [0.2, 0.25) is 5.91 Å². The van der Waals surface area contributed by atoms with E-state index in [1.165, 1.54) is 5.56 Å². The summed E-state index contributed by atoms with van der Waals surface area (Å²) in [5.74, 6) is -0.145. The first-order valence-electron chi connectivity index (χ1n) is 6.66. The number of hydrogen-bond donors (Lipinski definition) is 1. The van der Waals surface area contributed by atoms with Crippen LogP contribution in [0.2, 0.25) is 0 Å². The van der Waals surface area contributed by atoms with E-state index in [1.54, 1.807) is 18.7 Å². The lowest BCUT2D eigenvalue weighted by molar-refractivity contribution is -0.128. The van der Waals surface area contributed by atoms with Gasteiger partial charge < -0.3 is 10.2 Å². The molecule has 1 heterocycles. The Hall–Kier alpha value is -1.84. The van der Waals surface area contributed by atoms with Crippen LogP contribution in [0.1, 0.15) is 32.8 Å². The average Bonchev–Trinajstić information content (AvgIpc) is 2.47. The van der Waals surface area contributed by atoms with E-state index in [-0.39, 0.29) is 11.8 Å². The fraction of sp³-hybridized carbons (Fsp3) is 0.467. The van der Waals surface area contributed by atoms with Crippen molar-refractivity contribution in [1.82, 2.24) is 5.32 Å². The predicted molar refractivity (Wildman–Crippen MR) is 75.0 cm³/mol. The highest BCUT2D eigenvalue weighted by Crippen LogP contribution is 2.22. The number of nitrogens with one attached hydrogen (secondary N) is 1. The van der Waals surface area contributed by atoms with Crippen molar-refractivity contribution in [2.45, 2.75) is 39.2 Å². The highest BCUT2D eigenvalue weighted by Gasteiger charge is 2.36. The number of nitrogens with zero attached hydrogens (tertiary/aromatic N) is 1. The zero-order valence-corrected chi connectivity index (χ0v) is 11.7. The number of aryl methyl sites for hydroxylation is 1. The summed E-state index contributed by atoms with van der Waals surface area (Å²) in [6, 6.07) is 7.94. The predicted octanol–water partition coefficient (Wildman–Crippen LogP) is 1.88. The van der Waals surface area contributed by atoms with Crippen LogP contribution in [0.5, 0.6) is 0 Å². The third kappa shape index (κ3) is 2.78. The maximum Gasteiger partial charge on any atom is 0.252 e. The molecule has 0 aromatic heterocycles. The summed E-state index contributed by atoms with van der Waals surface area (Å²) >= 11 is 0. The average molecular weight is 260 g/mol. The van der Waals surface area contributed by atoms with E-state index in [2.05, 4.69) is 12.2 Å². The smallest absolute Gasteiger partial charge is 0.252 e. The monoisotopic (exact) mass is 260 g/mol. The molecular formula is C15H20N2O2. The molecule has 0 radical (unpaired) electrons. The minimum Gasteiger partial charge on any atom is -0.342 e. The van der Waals surface area contributed by atoms with Crippen LogP contribution in [0.4, 0.5) is 5.69 Å². The number of hydrogen-bond acceptors (Lipinski definition) is 2. The minimum absolute atomic E-state index is 0.0670. The van der Waals surface area contributed by atoms with E-state index in [9.17, 15) is 9.59 Å². The van der Waals surface area contributed by atoms with Gasteiger partial charge in [-0.05, 0) is 38.0 Å². The van der Waals surface area contributed by atoms with Gasteiger partial charge in [-0.2, -0.15) is 0 Å². The molecule has 4 heteroatoms. The maximum atomic E-state index is 12.5. The Bertz CT molecular complexity index is 491. The lowest BCUT2D eigenvalue weighted by Gasteiger charge is -2.29. The Morgan fingerprint density at radius 3 is 2.42 bits per heavy atom. The lowest BCUT2D eigenvalue weighted by Crippen LogP contribution is -2.53. The Morgan fingerprint density at radius 2 is 1.84 bits per heavy atom. The van der Waals surface area contributed by atoms with Gasteiger partial charge >= 0.3 is 0 Å². The molecule has 0 aliphatic carbocycles. The molecule has 19 heavy (non-hydrogen) atoms. The van der Waals surface area contributed by atoms with E-state index >= 15 is 0 Å². The van der Waals surface area contributed by atoms with Crippen LogP contribution in [0, 0.1) is 0 Å². The second-order valence-electron chi connectivity index (χ2n) is 5.40. The number of anilines is 1. The van der Waals surface area contributed by atoms with Crippen molar-refractivity contribution in [1.29, 1.82) is 0 Å². The van der Waals surface area contributed by atoms with Crippen LogP contribution in [-0.4, -0.2) is 23.9 Å². The summed E-state index contributed by atoms with van der Waals surface area (Å²) in [7, 11) is 0. The molecule has 1 saturated heterocycles. The van der Waals surface area contributed by atoms with E-state index in [1.807, 2.05) is 24.3 Å². The maximum absolute atomic E-state index is 12.5. The van der Waals surface area contributed by atoms with Gasteiger partial charge in [0.25, 0.3) is 5.91 Å². The van der Waals surface area contributed by atoms with Crippen LogP contribution in [0.25, 0.3) is 0 Å². The fourth-order valence-electron chi connectivity index (χ4n) is 2.27. The molecule has 0 bridgehead atoms. The van der Waals surface area contributed by atoms with Gasteiger partial charge in [0.1, 0.15) is 5.54 Å². The van der Waals surface area contributed by atoms with Crippen LogP contribution in [0.15, 0.2) is 24.3 Å². The molecule has 1 aromatic rings. The molecule has 1 aliphatic heterocycles. The molecule has 0 spiro atoms. The van der Waals surface area contributed by atoms with E-state index in [4.69, 9.17) is 0 Å². The van der Waals surface area contributed by atoms with Crippen LogP contribution >= 0.6 is 0 Å². The van der Waals surface area contributed by atoms with Crippen molar-refractivity contribution in [3.8, 4) is 0 Å². The third-order valence-corrected chi connectivity index (χ3v) is 3.45. The number of rotatable bonds is 2. The summed E-state index contributed by atoms with van der Waals surface area (Å²) in [5, 5.41) is 2.76. The van der Waals surface area contributed by atoms with Crippen molar-refractivity contribution < 1.29 is 9.59 Å². The zero-order valence-electron chi connectivity index (χ0n) is 11.7. The summed E-state index contributed by atoms with van der Waals surface area (Å²) in [6.45, 7) is 6.01. The second kappa shape index (κ2) is 5.03. The number of carbonyl (C=O) groups excluding carboxylic acids is 2. The minimum atomic E-state index is -0.850. The summed E-state index contributed by atoms with van der Waals surface area (Å²) < 4.78 is 0. The van der Waals surface area contributed by atoms with Gasteiger partial charge in [-0.15, -0.1) is 0 Å². The summed E-state index contributed by atoms with van der Waals surface area (Å²) in [5.41, 5.74) is 1.24. The molecule has 0 saturated carbocycles. The molecule has 1 aromatic carbocycles. The molecule has 1 fully saturated rings. The molecule has 2 rings (SSSR count). The Kier molecular flexibility index (Phi) is 3.60. The lowest BCUT2D eigenvalue weighted by atomic mass is 10.0. The van der Waals surface area contributed by atoms with Crippen molar-refractivity contribution in [3.63, 3.8) is 0 Å². The van der Waals surface area contributed by atoms with Gasteiger partial charge in [0.15, 0.2) is 0 Å². The quantitative estimate of drug-likeness (QED) is 0.882. The molecule has 4 nitrogen and oxygen atoms in total. The van der Waals surface area contributed by atoms with Gasteiger partial charge in [0, 0.05) is 18.7 Å². The summed E-state index contributed by atoms with van der Waals surface area (Å²) in [4.78, 5) is 25.8. The van der Waals surface area contributed by atoms with Crippen LogP contribution < -0.4 is 10.2 Å². The number of carbonyl (C=O) groups is 2. The Balaban J connectivity index is 2.31. The first kappa shape index (κ1) is 13.6. The molecule has 0 atom stereocenters. The van der Waals surface area contributed by atoms with Crippen molar-refractivity contribution >= 4 is 17.5 Å². The van der Waals surface area contributed by atoms with E-state index in [0.29, 0.717) is 13.0 Å². The highest BCUT2D eigenvalue weighted by molar-refractivity contribution is 6.03. The van der Waals surface area contributed by atoms with Gasteiger partial charge in [-0.25, -0.2) is 0 Å². The zero-order chi connectivity index (χ0) is 14.0. The van der Waals surface area contributed by atoms with E-state index < -0.39 is 5.54 Å². The second-order valence-corrected chi connectivity index (χ2v) is 5.40. The van der Waals surface area contributed by atoms with Crippen molar-refractivity contribution in [2.75, 3.05) is 11.4 Å². The van der Waals surface area contributed by atoms with Crippen molar-refractivity contribution in [2.24, 2.45) is 0 Å². The molecule has 2 amide bonds. The van der Waals surface area contributed by atoms with E-state index in [0.717, 1.165) is 12.1 Å². The SMILES string of the molecule is CCc1ccc(N2CCC(=O)NC(C)(C)C2=O)cc1. The first-order chi connectivity index (χ1) is 8.94. The normalized spacial score (nSPS) is 19.0. The molecular weight excluding hydrogens is 240 g/mol. The Morgan fingerprint density at radius 1 is 1.21 bits per heavy atom. The number of benzene rings is 1. The molecule has 0 unspecified atom stereocenters. The Labute approximate surface area is 113 Å². The first-order valence-corrected chi connectivity index (χ1v) is 6.66. The van der Waals surface area contributed by atoms with Gasteiger partial charge in [-0.1, -0.05) is 19.1 Å².